The van der Waals surface area contributed by atoms with Gasteiger partial charge in [-0.25, -0.2) is 0 Å². The van der Waals surface area contributed by atoms with Gasteiger partial charge in [0.2, 0.25) is 5.69 Å². The van der Waals surface area contributed by atoms with Crippen LogP contribution in [0, 0.1) is 5.21 Å². The number of aryl methyl sites for hydroxylation is 1. The standard InChI is InChI=1S/C20H26N2O2/c1-3-5-6-7-8-17-9-11-18(12-10-17)21-22(23)19-13-15-20(16-14-19)24-4-2/h9-16H,3-8H2,1-2H3. The third-order valence-corrected chi connectivity index (χ3v) is 3.83. The fourth-order valence-corrected chi connectivity index (χ4v) is 2.48. The Bertz CT molecular complexity index is 634. The molecular formula is C20H26N2O2. The molecule has 0 unspecified atom stereocenters. The fourth-order valence-electron chi connectivity index (χ4n) is 2.48. The molecule has 128 valence electrons. The maximum absolute atomic E-state index is 12.1. The minimum absolute atomic E-state index is 0.488. The second kappa shape index (κ2) is 9.71. The highest BCUT2D eigenvalue weighted by molar-refractivity contribution is 5.39. The largest absolute Gasteiger partial charge is 0.594 e. The Morgan fingerprint density at radius 3 is 2.25 bits per heavy atom. The molecule has 0 aromatic heterocycles. The average Bonchev–Trinajstić information content (AvgIpc) is 2.61. The van der Waals surface area contributed by atoms with Crippen LogP contribution in [-0.2, 0) is 6.42 Å². The van der Waals surface area contributed by atoms with Gasteiger partial charge in [0.1, 0.15) is 11.4 Å². The Morgan fingerprint density at radius 1 is 0.917 bits per heavy atom. The Balaban J connectivity index is 1.96. The number of nitrogens with zero attached hydrogens (tertiary/aromatic N) is 2. The summed E-state index contributed by atoms with van der Waals surface area (Å²) in [4.78, 5) is 0.645. The van der Waals surface area contributed by atoms with Crippen molar-refractivity contribution in [2.75, 3.05) is 6.61 Å². The maximum atomic E-state index is 12.1. The summed E-state index contributed by atoms with van der Waals surface area (Å²) >= 11 is 0. The molecule has 2 aromatic carbocycles. The van der Waals surface area contributed by atoms with E-state index in [1.807, 2.05) is 19.1 Å². The van der Waals surface area contributed by atoms with Crippen LogP contribution in [0.25, 0.3) is 0 Å². The number of azo groups is 1. The van der Waals surface area contributed by atoms with Crippen LogP contribution in [0.3, 0.4) is 0 Å². The predicted molar refractivity (Wildman–Crippen MR) is 97.3 cm³/mol. The summed E-state index contributed by atoms with van der Waals surface area (Å²) in [6, 6.07) is 14.9. The zero-order chi connectivity index (χ0) is 17.2. The summed E-state index contributed by atoms with van der Waals surface area (Å²) in [6.45, 7) is 4.75. The molecule has 0 atom stereocenters. The average molecular weight is 326 g/mol. The second-order valence-corrected chi connectivity index (χ2v) is 5.78. The van der Waals surface area contributed by atoms with Gasteiger partial charge in [0.25, 0.3) is 0 Å². The van der Waals surface area contributed by atoms with Crippen LogP contribution in [0.5, 0.6) is 5.75 Å². The summed E-state index contributed by atoms with van der Waals surface area (Å²) in [5, 5.41) is 16.2. The molecule has 0 spiro atoms. The van der Waals surface area contributed by atoms with Gasteiger partial charge in [-0.1, -0.05) is 43.2 Å². The first-order chi connectivity index (χ1) is 11.7. The molecule has 4 nitrogen and oxygen atoms in total. The van der Waals surface area contributed by atoms with E-state index in [-0.39, 0.29) is 0 Å². The van der Waals surface area contributed by atoms with E-state index in [1.54, 1.807) is 24.3 Å². The van der Waals surface area contributed by atoms with E-state index >= 15 is 0 Å². The van der Waals surface area contributed by atoms with E-state index < -0.39 is 0 Å². The van der Waals surface area contributed by atoms with E-state index in [0.717, 1.165) is 12.2 Å². The zero-order valence-corrected chi connectivity index (χ0v) is 14.6. The van der Waals surface area contributed by atoms with Crippen LogP contribution in [-0.4, -0.2) is 11.5 Å². The van der Waals surface area contributed by atoms with Crippen LogP contribution in [0.4, 0.5) is 11.4 Å². The highest BCUT2D eigenvalue weighted by Gasteiger charge is 2.05. The first kappa shape index (κ1) is 18.0. The molecule has 0 bridgehead atoms. The molecular weight excluding hydrogens is 300 g/mol. The van der Waals surface area contributed by atoms with Crippen molar-refractivity contribution in [2.45, 2.75) is 46.0 Å². The van der Waals surface area contributed by atoms with Crippen LogP contribution in [0.15, 0.2) is 53.6 Å². The normalized spacial score (nSPS) is 11.5. The molecule has 4 heteroatoms. The van der Waals surface area contributed by atoms with Crippen molar-refractivity contribution < 1.29 is 9.60 Å². The molecule has 0 aliphatic rings. The number of ether oxygens (including phenoxy) is 1. The van der Waals surface area contributed by atoms with E-state index in [2.05, 4.69) is 24.2 Å². The predicted octanol–water partition coefficient (Wildman–Crippen LogP) is 6.13. The van der Waals surface area contributed by atoms with Gasteiger partial charge in [-0.3, -0.25) is 0 Å². The molecule has 24 heavy (non-hydrogen) atoms. The second-order valence-electron chi connectivity index (χ2n) is 5.78. The molecule has 0 N–H and O–H groups in total. The Kier molecular flexibility index (Phi) is 7.27. The maximum Gasteiger partial charge on any atom is 0.245 e. The van der Waals surface area contributed by atoms with Gasteiger partial charge in [0.05, 0.1) is 6.61 Å². The molecule has 0 saturated heterocycles. The minimum Gasteiger partial charge on any atom is -0.594 e. The number of rotatable bonds is 9. The number of hydrogen-bond acceptors (Lipinski definition) is 3. The van der Waals surface area contributed by atoms with Crippen molar-refractivity contribution in [3.8, 4) is 5.75 Å². The lowest BCUT2D eigenvalue weighted by molar-refractivity contribution is -0.435. The summed E-state index contributed by atoms with van der Waals surface area (Å²) in [7, 11) is 0. The number of hydrogen-bond donors (Lipinski definition) is 0. The summed E-state index contributed by atoms with van der Waals surface area (Å²) in [5.74, 6) is 0.752. The smallest absolute Gasteiger partial charge is 0.245 e. The van der Waals surface area contributed by atoms with Gasteiger partial charge in [-0.05, 0) is 49.6 Å². The van der Waals surface area contributed by atoms with Gasteiger partial charge in [-0.15, -0.1) is 0 Å². The molecule has 2 aromatic rings. The quantitative estimate of drug-likeness (QED) is 0.241. The Hall–Kier alpha value is -2.36. The summed E-state index contributed by atoms with van der Waals surface area (Å²) in [6.07, 6.45) is 6.11. The van der Waals surface area contributed by atoms with Crippen LogP contribution in [0.2, 0.25) is 0 Å². The monoisotopic (exact) mass is 326 g/mol. The lowest BCUT2D eigenvalue weighted by atomic mass is 10.1. The summed E-state index contributed by atoms with van der Waals surface area (Å²) < 4.78 is 5.37. The van der Waals surface area contributed by atoms with Crippen molar-refractivity contribution in [1.29, 1.82) is 0 Å². The van der Waals surface area contributed by atoms with Gasteiger partial charge in [0.15, 0.2) is 0 Å². The molecule has 0 saturated carbocycles. The van der Waals surface area contributed by atoms with E-state index in [1.165, 1.54) is 31.2 Å². The fraction of sp³-hybridized carbons (Fsp3) is 0.400. The third-order valence-electron chi connectivity index (χ3n) is 3.83. The topological polar surface area (TPSA) is 47.7 Å². The molecule has 0 heterocycles. The van der Waals surface area contributed by atoms with Crippen molar-refractivity contribution >= 4 is 11.4 Å². The molecule has 0 aliphatic heterocycles. The van der Waals surface area contributed by atoms with Crippen LogP contribution < -0.4 is 4.74 Å². The Labute approximate surface area is 144 Å². The van der Waals surface area contributed by atoms with E-state index in [0.29, 0.717) is 22.8 Å². The van der Waals surface area contributed by atoms with Gasteiger partial charge < -0.3 is 9.94 Å². The third kappa shape index (κ3) is 5.69. The molecule has 0 aliphatic carbocycles. The van der Waals surface area contributed by atoms with Gasteiger partial charge in [-0.2, -0.15) is 0 Å². The van der Waals surface area contributed by atoms with Crippen molar-refractivity contribution in [3.05, 3.63) is 59.3 Å². The SMILES string of the molecule is CCCCCCc1ccc(N=[N+]([O-])c2ccc(OCC)cc2)cc1. The molecule has 2 rings (SSSR count). The first-order valence-electron chi connectivity index (χ1n) is 8.73. The lowest BCUT2D eigenvalue weighted by Gasteiger charge is -2.04. The number of unbranched alkanes of at least 4 members (excludes halogenated alkanes) is 3. The van der Waals surface area contributed by atoms with Crippen molar-refractivity contribution in [1.82, 2.24) is 0 Å². The van der Waals surface area contributed by atoms with Crippen LogP contribution in [0.1, 0.15) is 45.1 Å². The van der Waals surface area contributed by atoms with E-state index in [9.17, 15) is 5.21 Å². The van der Waals surface area contributed by atoms with Gasteiger partial charge in [0, 0.05) is 17.2 Å². The zero-order valence-electron chi connectivity index (χ0n) is 14.6. The minimum atomic E-state index is 0.488. The number of benzene rings is 2. The van der Waals surface area contributed by atoms with Crippen molar-refractivity contribution in [3.63, 3.8) is 0 Å². The molecule has 0 fully saturated rings. The van der Waals surface area contributed by atoms with E-state index in [4.69, 9.17) is 4.74 Å². The molecule has 0 radical (unpaired) electrons. The van der Waals surface area contributed by atoms with Crippen LogP contribution >= 0.6 is 0 Å². The summed E-state index contributed by atoms with van der Waals surface area (Å²) in [5.41, 5.74) is 2.45. The van der Waals surface area contributed by atoms with Crippen molar-refractivity contribution in [2.24, 2.45) is 5.11 Å². The lowest BCUT2D eigenvalue weighted by Crippen LogP contribution is -1.93. The highest BCUT2D eigenvalue weighted by Crippen LogP contribution is 2.21. The molecule has 0 amide bonds. The highest BCUT2D eigenvalue weighted by atomic mass is 16.5. The van der Waals surface area contributed by atoms with Gasteiger partial charge >= 0.3 is 0 Å². The first-order valence-corrected chi connectivity index (χ1v) is 8.73. The Morgan fingerprint density at radius 2 is 1.62 bits per heavy atom.